The highest BCUT2D eigenvalue weighted by atomic mass is 31.2. The zero-order valence-corrected chi connectivity index (χ0v) is 40.1. The topological polar surface area (TPSA) is 129 Å². The van der Waals surface area contributed by atoms with Gasteiger partial charge in [-0.1, -0.05) is 164 Å². The van der Waals surface area contributed by atoms with Crippen molar-refractivity contribution in [2.24, 2.45) is 0 Å². The Hall–Kier alpha value is -2.59. The van der Waals surface area contributed by atoms with Crippen LogP contribution in [-0.2, 0) is 32.7 Å². The summed E-state index contributed by atoms with van der Waals surface area (Å²) in [7, 11) is 1.35. The Balaban J connectivity index is 4.49. The third-order valence-electron chi connectivity index (χ3n) is 9.82. The number of quaternary nitrogens is 1. The van der Waals surface area contributed by atoms with Crippen molar-refractivity contribution in [3.63, 3.8) is 0 Å². The number of likely N-dealkylation sites (N-methyl/N-ethyl adjacent to an activating group) is 1. The molecule has 0 bridgehead atoms. The Bertz CT molecular complexity index is 1280. The molecule has 0 radical (unpaired) electrons. The second-order valence-corrected chi connectivity index (χ2v) is 18.4. The van der Waals surface area contributed by atoms with Crippen LogP contribution in [0.15, 0.2) is 72.9 Å². The minimum Gasteiger partial charge on any atom is -0.462 e. The fourth-order valence-electron chi connectivity index (χ4n) is 6.10. The summed E-state index contributed by atoms with van der Waals surface area (Å²) in [4.78, 5) is 35.5. The normalized spacial score (nSPS) is 14.7. The summed E-state index contributed by atoms with van der Waals surface area (Å²) in [5, 5.41) is 10.3. The Labute approximate surface area is 372 Å². The van der Waals surface area contributed by atoms with E-state index in [4.69, 9.17) is 18.5 Å². The third-order valence-corrected chi connectivity index (χ3v) is 10.8. The summed E-state index contributed by atoms with van der Waals surface area (Å²) in [6, 6.07) is 0. The molecule has 61 heavy (non-hydrogen) atoms. The lowest BCUT2D eigenvalue weighted by Gasteiger charge is -2.24. The van der Waals surface area contributed by atoms with E-state index in [1.165, 1.54) is 83.5 Å². The number of hydrogen-bond acceptors (Lipinski definition) is 8. The smallest absolute Gasteiger partial charge is 0.462 e. The third kappa shape index (κ3) is 45.3. The largest absolute Gasteiger partial charge is 0.472 e. The lowest BCUT2D eigenvalue weighted by Crippen LogP contribution is -2.37. The number of ether oxygens (including phenoxy) is 2. The first-order chi connectivity index (χ1) is 29.4. The van der Waals surface area contributed by atoms with Crippen LogP contribution >= 0.6 is 7.82 Å². The molecular formula is C50H89NO9P+. The summed E-state index contributed by atoms with van der Waals surface area (Å²) in [6.07, 6.45) is 48.4. The van der Waals surface area contributed by atoms with E-state index >= 15 is 0 Å². The number of hydrogen-bond donors (Lipinski definition) is 2. The van der Waals surface area contributed by atoms with Crippen LogP contribution in [0.25, 0.3) is 0 Å². The number of carbonyl (C=O) groups excluding carboxylic acids is 2. The SMILES string of the molecule is CC/C=C\C/C=C\C/C=C\C/C=C\C=C\C(O)CCCC(=O)O[C@H](COC(=O)CCCCCCCCCCC/C=C\CCCCCCCC)COP(=O)(O)OCC[N+](C)(C)C. The van der Waals surface area contributed by atoms with Gasteiger partial charge in [-0.3, -0.25) is 18.6 Å². The van der Waals surface area contributed by atoms with Crippen LogP contribution < -0.4 is 0 Å². The molecule has 0 aliphatic rings. The maximum Gasteiger partial charge on any atom is 0.472 e. The highest BCUT2D eigenvalue weighted by molar-refractivity contribution is 7.47. The van der Waals surface area contributed by atoms with Crippen LogP contribution in [0.1, 0.15) is 174 Å². The van der Waals surface area contributed by atoms with Gasteiger partial charge in [0.25, 0.3) is 0 Å². The van der Waals surface area contributed by atoms with E-state index in [9.17, 15) is 24.2 Å². The molecule has 2 N–H and O–H groups in total. The van der Waals surface area contributed by atoms with Gasteiger partial charge in [-0.2, -0.15) is 0 Å². The van der Waals surface area contributed by atoms with Crippen LogP contribution in [0.5, 0.6) is 0 Å². The first-order valence-electron chi connectivity index (χ1n) is 23.8. The number of aliphatic hydroxyl groups is 1. The number of phosphoric ester groups is 1. The van der Waals surface area contributed by atoms with Gasteiger partial charge >= 0.3 is 19.8 Å². The second kappa shape index (κ2) is 41.4. The molecule has 0 aliphatic carbocycles. The van der Waals surface area contributed by atoms with Crippen molar-refractivity contribution >= 4 is 19.8 Å². The van der Waals surface area contributed by atoms with E-state index < -0.39 is 38.6 Å². The van der Waals surface area contributed by atoms with Crippen molar-refractivity contribution in [2.45, 2.75) is 187 Å². The molecule has 0 spiro atoms. The number of carbonyl (C=O) groups is 2. The van der Waals surface area contributed by atoms with E-state index in [0.717, 1.165) is 44.9 Å². The minimum absolute atomic E-state index is 0.00675. The molecule has 0 saturated heterocycles. The van der Waals surface area contributed by atoms with Gasteiger partial charge in [-0.25, -0.2) is 4.57 Å². The molecule has 2 unspecified atom stereocenters. The molecule has 0 aromatic heterocycles. The molecule has 10 nitrogen and oxygen atoms in total. The van der Waals surface area contributed by atoms with Gasteiger partial charge in [-0.05, 0) is 70.6 Å². The number of phosphoric acid groups is 1. The second-order valence-electron chi connectivity index (χ2n) is 17.0. The molecule has 0 amide bonds. The van der Waals surface area contributed by atoms with Crippen molar-refractivity contribution in [2.75, 3.05) is 47.5 Å². The number of nitrogens with zero attached hydrogens (tertiary/aromatic N) is 1. The molecule has 0 aromatic carbocycles. The first kappa shape index (κ1) is 58.4. The number of rotatable bonds is 42. The van der Waals surface area contributed by atoms with Gasteiger partial charge in [0, 0.05) is 12.8 Å². The average molecular weight is 879 g/mol. The van der Waals surface area contributed by atoms with E-state index in [0.29, 0.717) is 30.3 Å². The fraction of sp³-hybridized carbons (Fsp3) is 0.720. The Morgan fingerprint density at radius 2 is 1.13 bits per heavy atom. The first-order valence-corrected chi connectivity index (χ1v) is 25.3. The highest BCUT2D eigenvalue weighted by Gasteiger charge is 2.27. The summed E-state index contributed by atoms with van der Waals surface area (Å²) in [5.74, 6) is -1.01. The van der Waals surface area contributed by atoms with Crippen LogP contribution in [0.4, 0.5) is 0 Å². The molecule has 0 heterocycles. The van der Waals surface area contributed by atoms with Gasteiger partial charge in [0.2, 0.25) is 0 Å². The van der Waals surface area contributed by atoms with Crippen LogP contribution in [0.2, 0.25) is 0 Å². The summed E-state index contributed by atoms with van der Waals surface area (Å²) >= 11 is 0. The zero-order chi connectivity index (χ0) is 45.1. The van der Waals surface area contributed by atoms with E-state index in [2.05, 4.69) is 62.5 Å². The average Bonchev–Trinajstić information content (AvgIpc) is 3.21. The summed E-state index contributed by atoms with van der Waals surface area (Å²) in [6.45, 7) is 4.07. The number of aliphatic hydroxyl groups excluding tert-OH is 1. The Morgan fingerprint density at radius 1 is 0.607 bits per heavy atom. The van der Waals surface area contributed by atoms with E-state index in [1.807, 2.05) is 33.3 Å². The van der Waals surface area contributed by atoms with E-state index in [-0.39, 0.29) is 26.1 Å². The molecule has 0 saturated carbocycles. The molecule has 3 atom stereocenters. The fourth-order valence-corrected chi connectivity index (χ4v) is 6.84. The lowest BCUT2D eigenvalue weighted by molar-refractivity contribution is -0.870. The highest BCUT2D eigenvalue weighted by Crippen LogP contribution is 2.43. The lowest BCUT2D eigenvalue weighted by atomic mass is 10.1. The number of unbranched alkanes of at least 4 members (excludes halogenated alkanes) is 15. The van der Waals surface area contributed by atoms with Gasteiger partial charge in [-0.15, -0.1) is 0 Å². The molecular weight excluding hydrogens is 790 g/mol. The summed E-state index contributed by atoms with van der Waals surface area (Å²) < 4.78 is 34.2. The maximum atomic E-state index is 12.7. The Kier molecular flexibility index (Phi) is 39.7. The van der Waals surface area contributed by atoms with Crippen molar-refractivity contribution in [1.29, 1.82) is 0 Å². The molecule has 0 aromatic rings. The predicted molar refractivity (Wildman–Crippen MR) is 253 cm³/mol. The molecule has 352 valence electrons. The van der Waals surface area contributed by atoms with Gasteiger partial charge in [0.15, 0.2) is 6.10 Å². The minimum atomic E-state index is -4.44. The van der Waals surface area contributed by atoms with Crippen LogP contribution in [0.3, 0.4) is 0 Å². The molecule has 0 aliphatic heterocycles. The predicted octanol–water partition coefficient (Wildman–Crippen LogP) is 12.8. The molecule has 0 rings (SSSR count). The summed E-state index contributed by atoms with van der Waals surface area (Å²) in [5.41, 5.74) is 0. The number of esters is 2. The van der Waals surface area contributed by atoms with Gasteiger partial charge in [0.05, 0.1) is 33.9 Å². The quantitative estimate of drug-likeness (QED) is 0.0154. The maximum absolute atomic E-state index is 12.7. The Morgan fingerprint density at radius 3 is 1.70 bits per heavy atom. The number of allylic oxidation sites excluding steroid dienone is 11. The standard InChI is InChI=1S/C50H88NO9P/c1-6-8-10-12-14-16-18-20-21-22-23-24-25-27-29-31-33-35-37-41-49(53)57-45-48(46-59-61(55,56)58-44-43-51(3,4)5)60-50(54)42-38-40-47(52)39-36-34-32-30-28-26-19-17-15-13-11-9-7-2/h9,11,15,17,20-21,26,28,32,34,36,39,47-48,52H,6-8,10,12-14,16,18-19,22-25,27,29-31,33,35,37-38,40-46H2,1-5H3/p+1/b11-9-,17-15-,21-20-,28-26-,34-32-,39-36+/t47?,48-/m1/s1. The molecule has 11 heteroatoms. The van der Waals surface area contributed by atoms with Gasteiger partial charge in [0.1, 0.15) is 19.8 Å². The van der Waals surface area contributed by atoms with Crippen molar-refractivity contribution in [3.05, 3.63) is 72.9 Å². The van der Waals surface area contributed by atoms with Crippen molar-refractivity contribution < 1.29 is 47.2 Å². The molecule has 0 fully saturated rings. The van der Waals surface area contributed by atoms with Crippen molar-refractivity contribution in [1.82, 2.24) is 0 Å². The van der Waals surface area contributed by atoms with E-state index in [1.54, 1.807) is 12.2 Å². The van der Waals surface area contributed by atoms with Gasteiger partial charge < -0.3 is 24.0 Å². The van der Waals surface area contributed by atoms with Crippen LogP contribution in [0, 0.1) is 0 Å². The van der Waals surface area contributed by atoms with Crippen molar-refractivity contribution in [3.8, 4) is 0 Å². The van der Waals surface area contributed by atoms with Crippen LogP contribution in [-0.4, -0.2) is 86.1 Å². The monoisotopic (exact) mass is 879 g/mol. The zero-order valence-electron chi connectivity index (χ0n) is 39.2.